The van der Waals surface area contributed by atoms with Gasteiger partial charge >= 0.3 is 5.91 Å². The molecular weight excluding hydrogens is 248 g/mol. The fourth-order valence-electron chi connectivity index (χ4n) is 2.89. The zero-order chi connectivity index (χ0) is 13.9. The number of carbonyl (C=O) groups excluding carboxylic acids is 1. The second kappa shape index (κ2) is 5.45. The molecule has 0 aliphatic carbocycles. The topological polar surface area (TPSA) is 24.2 Å². The SMILES string of the molecule is CCC(=O)N1c2cccc[n+]2CCC1c1ccccc1. The van der Waals surface area contributed by atoms with Gasteiger partial charge in [0.15, 0.2) is 0 Å². The van der Waals surface area contributed by atoms with E-state index in [-0.39, 0.29) is 11.9 Å². The first-order valence-corrected chi connectivity index (χ1v) is 7.16. The largest absolute Gasteiger partial charge is 0.309 e. The molecule has 0 saturated heterocycles. The van der Waals surface area contributed by atoms with Crippen molar-refractivity contribution in [2.24, 2.45) is 0 Å². The molecule has 0 fully saturated rings. The first kappa shape index (κ1) is 12.9. The summed E-state index contributed by atoms with van der Waals surface area (Å²) in [7, 11) is 0. The van der Waals surface area contributed by atoms with Gasteiger partial charge in [-0.25, -0.2) is 9.36 Å². The van der Waals surface area contributed by atoms with Crippen LogP contribution in [0.1, 0.15) is 31.4 Å². The normalized spacial score (nSPS) is 17.6. The molecule has 1 aromatic carbocycles. The fraction of sp³-hybridized carbons (Fsp3) is 0.294. The van der Waals surface area contributed by atoms with Crippen LogP contribution < -0.4 is 9.47 Å². The maximum Gasteiger partial charge on any atom is 0.309 e. The van der Waals surface area contributed by atoms with E-state index in [0.29, 0.717) is 6.42 Å². The number of aryl methyl sites for hydroxylation is 1. The maximum atomic E-state index is 12.4. The molecule has 1 amide bonds. The Morgan fingerprint density at radius 1 is 1.20 bits per heavy atom. The molecule has 0 bridgehead atoms. The smallest absolute Gasteiger partial charge is 0.247 e. The Morgan fingerprint density at radius 3 is 2.70 bits per heavy atom. The number of amides is 1. The lowest BCUT2D eigenvalue weighted by Crippen LogP contribution is -2.51. The number of nitrogens with zero attached hydrogens (tertiary/aromatic N) is 2. The van der Waals surface area contributed by atoms with Crippen molar-refractivity contribution in [2.45, 2.75) is 32.4 Å². The van der Waals surface area contributed by atoms with Crippen LogP contribution in [0.15, 0.2) is 54.7 Å². The Balaban J connectivity index is 2.06. The highest BCUT2D eigenvalue weighted by molar-refractivity contribution is 5.92. The van der Waals surface area contributed by atoms with Crippen LogP contribution in [-0.4, -0.2) is 5.91 Å². The van der Waals surface area contributed by atoms with Crippen molar-refractivity contribution in [2.75, 3.05) is 4.90 Å². The summed E-state index contributed by atoms with van der Waals surface area (Å²) in [4.78, 5) is 14.4. The third-order valence-corrected chi connectivity index (χ3v) is 3.87. The van der Waals surface area contributed by atoms with E-state index in [1.165, 1.54) is 5.56 Å². The minimum atomic E-state index is 0.144. The highest BCUT2D eigenvalue weighted by Gasteiger charge is 2.38. The molecule has 0 N–H and O–H groups in total. The molecule has 20 heavy (non-hydrogen) atoms. The van der Waals surface area contributed by atoms with Gasteiger partial charge < -0.3 is 0 Å². The van der Waals surface area contributed by atoms with E-state index in [0.717, 1.165) is 18.8 Å². The molecule has 1 atom stereocenters. The molecular formula is C17H19N2O+. The van der Waals surface area contributed by atoms with E-state index < -0.39 is 0 Å². The molecule has 0 radical (unpaired) electrons. The van der Waals surface area contributed by atoms with Crippen LogP contribution in [0.3, 0.4) is 0 Å². The van der Waals surface area contributed by atoms with Gasteiger partial charge in [-0.3, -0.25) is 0 Å². The van der Waals surface area contributed by atoms with Gasteiger partial charge in [-0.2, -0.15) is 4.90 Å². The van der Waals surface area contributed by atoms with E-state index in [2.05, 4.69) is 16.7 Å². The quantitative estimate of drug-likeness (QED) is 0.768. The number of pyridine rings is 1. The molecule has 3 rings (SSSR count). The number of benzene rings is 1. The van der Waals surface area contributed by atoms with Crippen molar-refractivity contribution in [1.29, 1.82) is 0 Å². The van der Waals surface area contributed by atoms with Crippen molar-refractivity contribution < 1.29 is 9.36 Å². The van der Waals surface area contributed by atoms with Gasteiger partial charge in [-0.05, 0) is 11.6 Å². The molecule has 0 spiro atoms. The molecule has 3 nitrogen and oxygen atoms in total. The highest BCUT2D eigenvalue weighted by Crippen LogP contribution is 2.31. The standard InChI is InChI=1S/C17H19N2O/c1-2-17(20)19-15(14-8-4-3-5-9-14)11-13-18-12-7-6-10-16(18)19/h3-10,12,15H,2,11,13H2,1H3/q+1. The van der Waals surface area contributed by atoms with Crippen LogP contribution in [0.5, 0.6) is 0 Å². The van der Waals surface area contributed by atoms with Crippen LogP contribution in [-0.2, 0) is 11.3 Å². The number of aromatic nitrogens is 1. The van der Waals surface area contributed by atoms with Gasteiger partial charge in [0, 0.05) is 18.9 Å². The monoisotopic (exact) mass is 267 g/mol. The zero-order valence-corrected chi connectivity index (χ0v) is 11.7. The number of carbonyl (C=O) groups is 1. The van der Waals surface area contributed by atoms with Crippen LogP contribution in [0.2, 0.25) is 0 Å². The van der Waals surface area contributed by atoms with E-state index in [4.69, 9.17) is 0 Å². The van der Waals surface area contributed by atoms with Gasteiger partial charge in [0.25, 0.3) is 5.82 Å². The Morgan fingerprint density at radius 2 is 1.95 bits per heavy atom. The zero-order valence-electron chi connectivity index (χ0n) is 11.7. The molecule has 1 unspecified atom stereocenters. The molecule has 1 aliphatic heterocycles. The van der Waals surface area contributed by atoms with Gasteiger partial charge in [0.05, 0.1) is 12.7 Å². The second-order valence-electron chi connectivity index (χ2n) is 5.08. The number of hydrogen-bond donors (Lipinski definition) is 0. The lowest BCUT2D eigenvalue weighted by atomic mass is 9.99. The molecule has 2 aromatic rings. The van der Waals surface area contributed by atoms with Crippen molar-refractivity contribution in [3.63, 3.8) is 0 Å². The number of hydrogen-bond acceptors (Lipinski definition) is 1. The Kier molecular flexibility index (Phi) is 3.50. The Labute approximate surface area is 119 Å². The van der Waals surface area contributed by atoms with E-state index in [9.17, 15) is 4.79 Å². The van der Waals surface area contributed by atoms with Crippen molar-refractivity contribution >= 4 is 11.7 Å². The summed E-state index contributed by atoms with van der Waals surface area (Å²) in [5.74, 6) is 1.18. The molecule has 3 heteroatoms. The summed E-state index contributed by atoms with van der Waals surface area (Å²) in [6, 6.07) is 16.5. The van der Waals surface area contributed by atoms with E-state index in [1.807, 2.05) is 54.4 Å². The van der Waals surface area contributed by atoms with E-state index >= 15 is 0 Å². The molecule has 2 heterocycles. The lowest BCUT2D eigenvalue weighted by molar-refractivity contribution is -0.689. The summed E-state index contributed by atoms with van der Waals surface area (Å²) in [5.41, 5.74) is 1.21. The minimum absolute atomic E-state index is 0.144. The maximum absolute atomic E-state index is 12.4. The summed E-state index contributed by atoms with van der Waals surface area (Å²) in [6.07, 6.45) is 3.53. The summed E-state index contributed by atoms with van der Waals surface area (Å²) < 4.78 is 2.16. The van der Waals surface area contributed by atoms with Crippen LogP contribution in [0, 0.1) is 0 Å². The highest BCUT2D eigenvalue weighted by atomic mass is 16.2. The molecule has 102 valence electrons. The number of fused-ring (bicyclic) bond motifs is 1. The van der Waals surface area contributed by atoms with Gasteiger partial charge in [-0.1, -0.05) is 43.3 Å². The predicted octanol–water partition coefficient (Wildman–Crippen LogP) is 2.86. The van der Waals surface area contributed by atoms with Crippen molar-refractivity contribution in [1.82, 2.24) is 0 Å². The van der Waals surface area contributed by atoms with Gasteiger partial charge in [0.1, 0.15) is 6.04 Å². The van der Waals surface area contributed by atoms with Crippen molar-refractivity contribution in [3.8, 4) is 0 Å². The van der Waals surface area contributed by atoms with Crippen molar-refractivity contribution in [3.05, 3.63) is 60.3 Å². The summed E-state index contributed by atoms with van der Waals surface area (Å²) in [5, 5.41) is 0. The second-order valence-corrected chi connectivity index (χ2v) is 5.08. The first-order valence-electron chi connectivity index (χ1n) is 7.16. The average Bonchev–Trinajstić information content (AvgIpc) is 2.54. The molecule has 1 aromatic heterocycles. The van der Waals surface area contributed by atoms with Crippen LogP contribution >= 0.6 is 0 Å². The lowest BCUT2D eigenvalue weighted by Gasteiger charge is -2.30. The summed E-state index contributed by atoms with van der Waals surface area (Å²) >= 11 is 0. The first-order chi connectivity index (χ1) is 9.81. The van der Waals surface area contributed by atoms with Gasteiger partial charge in [-0.15, -0.1) is 0 Å². The van der Waals surface area contributed by atoms with Crippen LogP contribution in [0.25, 0.3) is 0 Å². The minimum Gasteiger partial charge on any atom is -0.247 e. The van der Waals surface area contributed by atoms with Crippen LogP contribution in [0.4, 0.5) is 5.82 Å². The number of anilines is 1. The summed E-state index contributed by atoms with van der Waals surface area (Å²) in [6.45, 7) is 2.87. The third-order valence-electron chi connectivity index (χ3n) is 3.87. The number of rotatable bonds is 2. The third kappa shape index (κ3) is 2.20. The van der Waals surface area contributed by atoms with E-state index in [1.54, 1.807) is 0 Å². The fourth-order valence-corrected chi connectivity index (χ4v) is 2.89. The predicted molar refractivity (Wildman–Crippen MR) is 78.2 cm³/mol. The molecule has 1 aliphatic rings. The molecule has 0 saturated carbocycles. The average molecular weight is 267 g/mol. The van der Waals surface area contributed by atoms with Gasteiger partial charge in [0.2, 0.25) is 0 Å². The Hall–Kier alpha value is -2.16. The Bertz CT molecular complexity index is 609.